The van der Waals surface area contributed by atoms with Gasteiger partial charge in [-0.15, -0.1) is 0 Å². The largest absolute Gasteiger partial charge is 0.478 e. The van der Waals surface area contributed by atoms with Crippen molar-refractivity contribution in [1.29, 1.82) is 0 Å². The van der Waals surface area contributed by atoms with Crippen molar-refractivity contribution in [3.05, 3.63) is 89.5 Å². The second-order valence-corrected chi connectivity index (χ2v) is 18.4. The third kappa shape index (κ3) is 30.9. The van der Waals surface area contributed by atoms with Crippen LogP contribution in [0.2, 0.25) is 0 Å². The van der Waals surface area contributed by atoms with Gasteiger partial charge in [-0.05, 0) is 136 Å². The quantitative estimate of drug-likeness (QED) is 0.107. The Labute approximate surface area is 459 Å². The molecule has 0 radical (unpaired) electrons. The molecule has 0 aromatic heterocycles. The van der Waals surface area contributed by atoms with E-state index in [0.29, 0.717) is 17.1 Å². The Morgan fingerprint density at radius 2 is 0.899 bits per heavy atom. The van der Waals surface area contributed by atoms with Gasteiger partial charge in [0.05, 0.1) is 47.9 Å². The minimum Gasteiger partial charge on any atom is -0.478 e. The lowest BCUT2D eigenvalue weighted by Crippen LogP contribution is -2.48. The predicted molar refractivity (Wildman–Crippen MR) is 297 cm³/mol. The average molecular weight is 1120 g/mol. The number of likely N-dealkylation sites (N-methyl/N-ethyl adjacent to an activating group) is 3. The van der Waals surface area contributed by atoms with Crippen molar-refractivity contribution in [2.24, 2.45) is 15.0 Å². The van der Waals surface area contributed by atoms with Crippen LogP contribution in [-0.2, 0) is 23.9 Å². The number of aliphatic hydroxyl groups excluding tert-OH is 6. The number of aliphatic hydroxyl groups is 6. The third-order valence-corrected chi connectivity index (χ3v) is 9.49. The SMILES string of the molecule is CC(=O)Nc1ccc(C(=O)O)cc1.CC(=O)Nc1ccc(C(=O)O)cc1.CC(=O)Nc1ccc(C(=O)O)cc1.CC(O)CN(C)C.CC(O)CN(C)C.CC(O)CN(C)C.O=C1N=CN=C2C1N=CN2[C@@H]1O[C@H](CO)[C@@H](O)[C@H]1O. The number of amidine groups is 1. The summed E-state index contributed by atoms with van der Waals surface area (Å²) in [6.45, 7) is 11.3. The Hall–Kier alpha value is -7.44. The fraction of sp³-hybridized carbons (Fsp3) is 0.462. The van der Waals surface area contributed by atoms with Gasteiger partial charge >= 0.3 is 17.9 Å². The summed E-state index contributed by atoms with van der Waals surface area (Å²) in [5, 5.41) is 88.0. The number of carboxylic acids is 3. The standard InChI is InChI=1S/C10H12N4O5.3C9H9NO3.3C5H13NO/c15-1-4-6(16)7(17)10(19-4)14-3-13-5-8(14)11-2-12-9(5)18;3*1-6(11)10-8-4-2-7(3-5-8)9(12)13;3*1-5(7)4-6(2)3/h2-7,10,15-17H,1H2;3*2-5H,1H3,(H,10,11)(H,12,13);3*5,7H,4H2,1-3H3/t4-,5?,6-,7-,10-;;;;;;/m1....../s1. The van der Waals surface area contributed by atoms with Gasteiger partial charge in [-0.1, -0.05) is 0 Å². The Morgan fingerprint density at radius 1 is 0.582 bits per heavy atom. The lowest BCUT2D eigenvalue weighted by Gasteiger charge is -2.26. The van der Waals surface area contributed by atoms with E-state index < -0.39 is 61.0 Å². The number of amides is 4. The molecule has 12 N–H and O–H groups in total. The number of carbonyl (C=O) groups is 7. The molecule has 0 bridgehead atoms. The number of hydrogen-bond acceptors (Lipinski definition) is 20. The van der Waals surface area contributed by atoms with Gasteiger partial charge in [0.2, 0.25) is 17.7 Å². The summed E-state index contributed by atoms with van der Waals surface area (Å²) in [6, 6.07) is 17.1. The molecule has 3 aromatic carbocycles. The summed E-state index contributed by atoms with van der Waals surface area (Å²) in [5.41, 5.74) is 2.39. The van der Waals surface area contributed by atoms with Crippen molar-refractivity contribution in [2.75, 3.05) is 84.5 Å². The van der Waals surface area contributed by atoms with Crippen LogP contribution in [0.25, 0.3) is 0 Å². The molecule has 3 aromatic rings. The fourth-order valence-electron chi connectivity index (χ4n) is 6.52. The fourth-order valence-corrected chi connectivity index (χ4v) is 6.52. The summed E-state index contributed by atoms with van der Waals surface area (Å²) in [4.78, 5) is 93.3. The molecular weight excluding hydrogens is 1040 g/mol. The molecule has 6 rings (SSSR count). The first-order valence-corrected chi connectivity index (χ1v) is 24.2. The van der Waals surface area contributed by atoms with Crippen molar-refractivity contribution < 1.29 is 84.3 Å². The van der Waals surface area contributed by atoms with Gasteiger partial charge in [0.25, 0.3) is 5.91 Å². The Kier molecular flexibility index (Phi) is 33.9. The van der Waals surface area contributed by atoms with Crippen LogP contribution in [0, 0.1) is 0 Å². The van der Waals surface area contributed by atoms with E-state index in [2.05, 4.69) is 30.9 Å². The van der Waals surface area contributed by atoms with Gasteiger partial charge in [-0.25, -0.2) is 19.4 Å². The molecule has 27 nitrogen and oxygen atoms in total. The number of carboxylic acid groups (broad SMARTS) is 3. The molecule has 79 heavy (non-hydrogen) atoms. The summed E-state index contributed by atoms with van der Waals surface area (Å²) in [5.74, 6) is -3.63. The molecule has 4 unspecified atom stereocenters. The van der Waals surface area contributed by atoms with E-state index in [-0.39, 0.29) is 58.6 Å². The van der Waals surface area contributed by atoms with Gasteiger partial charge in [0.1, 0.15) is 30.5 Å². The molecule has 3 heterocycles. The predicted octanol–water partition coefficient (Wildman–Crippen LogP) is 0.921. The maximum absolute atomic E-state index is 11.5. The summed E-state index contributed by atoms with van der Waals surface area (Å²) in [6.07, 6.45) is -2.46. The van der Waals surface area contributed by atoms with Gasteiger partial charge in [-0.3, -0.25) is 29.1 Å². The molecule has 3 aliphatic heterocycles. The summed E-state index contributed by atoms with van der Waals surface area (Å²) < 4.78 is 5.35. The molecule has 0 spiro atoms. The van der Waals surface area contributed by atoms with Crippen LogP contribution in [0.1, 0.15) is 72.6 Å². The number of aromatic carboxylic acids is 3. The zero-order valence-corrected chi connectivity index (χ0v) is 46.5. The lowest BCUT2D eigenvalue weighted by molar-refractivity contribution is -0.118. The van der Waals surface area contributed by atoms with Gasteiger partial charge in [0.15, 0.2) is 12.3 Å². The molecule has 438 valence electrons. The van der Waals surface area contributed by atoms with Crippen LogP contribution in [0.15, 0.2) is 87.8 Å². The van der Waals surface area contributed by atoms with Crippen molar-refractivity contribution in [1.82, 2.24) is 19.6 Å². The number of benzene rings is 3. The van der Waals surface area contributed by atoms with E-state index in [1.165, 1.54) is 68.4 Å². The topological polar surface area (TPSA) is 397 Å². The second-order valence-electron chi connectivity index (χ2n) is 18.4. The minimum absolute atomic E-state index is 0.178. The number of carbonyl (C=O) groups excluding carboxylic acids is 4. The normalized spacial score (nSPS) is 18.4. The molecule has 1 saturated heterocycles. The van der Waals surface area contributed by atoms with E-state index in [9.17, 15) is 43.8 Å². The van der Waals surface area contributed by atoms with E-state index in [1.807, 2.05) is 57.0 Å². The molecule has 8 atom stereocenters. The number of fused-ring (bicyclic) bond motifs is 1. The molecule has 1 fully saturated rings. The van der Waals surface area contributed by atoms with Crippen LogP contribution < -0.4 is 16.0 Å². The maximum atomic E-state index is 11.5. The van der Waals surface area contributed by atoms with E-state index >= 15 is 0 Å². The maximum Gasteiger partial charge on any atom is 0.335 e. The molecule has 0 aliphatic carbocycles. The Bertz CT molecular complexity index is 2230. The molecule has 4 amide bonds. The number of rotatable bonds is 14. The van der Waals surface area contributed by atoms with Crippen molar-refractivity contribution in [2.45, 2.75) is 90.4 Å². The first kappa shape index (κ1) is 71.6. The number of nitrogens with zero attached hydrogens (tertiary/aromatic N) is 7. The second kappa shape index (κ2) is 37.4. The van der Waals surface area contributed by atoms with Gasteiger partial charge < -0.3 is 81.3 Å². The molecule has 27 heteroatoms. The average Bonchev–Trinajstić information content (AvgIpc) is 3.88. The van der Waals surface area contributed by atoms with Crippen molar-refractivity contribution in [3.63, 3.8) is 0 Å². The van der Waals surface area contributed by atoms with Crippen LogP contribution in [-0.4, -0.2) is 243 Å². The first-order valence-electron chi connectivity index (χ1n) is 24.2. The highest BCUT2D eigenvalue weighted by molar-refractivity contribution is 6.19. The highest BCUT2D eigenvalue weighted by Gasteiger charge is 2.49. The highest BCUT2D eigenvalue weighted by atomic mass is 16.6. The monoisotopic (exact) mass is 1110 g/mol. The smallest absolute Gasteiger partial charge is 0.335 e. The number of aliphatic imine (C=N–C) groups is 3. The van der Waals surface area contributed by atoms with Crippen LogP contribution >= 0.6 is 0 Å². The van der Waals surface area contributed by atoms with Crippen LogP contribution in [0.4, 0.5) is 17.1 Å². The van der Waals surface area contributed by atoms with E-state index in [0.717, 1.165) is 26.0 Å². The lowest BCUT2D eigenvalue weighted by atomic mass is 10.1. The highest BCUT2D eigenvalue weighted by Crippen LogP contribution is 2.27. The number of nitrogens with one attached hydrogen (secondary N) is 3. The van der Waals surface area contributed by atoms with Gasteiger partial charge in [0, 0.05) is 57.5 Å². The molecule has 0 saturated carbocycles. The zero-order chi connectivity index (χ0) is 60.7. The molecule has 3 aliphatic rings. The summed E-state index contributed by atoms with van der Waals surface area (Å²) in [7, 11) is 11.6. The Balaban J connectivity index is 0.000000929. The number of hydrogen-bond donors (Lipinski definition) is 12. The third-order valence-electron chi connectivity index (χ3n) is 9.49. The van der Waals surface area contributed by atoms with Crippen LogP contribution in [0.3, 0.4) is 0 Å². The van der Waals surface area contributed by atoms with E-state index in [4.69, 9.17) is 40.5 Å². The molecular formula is C52H78N10O17. The summed E-state index contributed by atoms with van der Waals surface area (Å²) >= 11 is 0. The van der Waals surface area contributed by atoms with Gasteiger partial charge in [-0.2, -0.15) is 4.99 Å². The number of anilines is 3. The van der Waals surface area contributed by atoms with Crippen molar-refractivity contribution >= 4 is 77.1 Å². The van der Waals surface area contributed by atoms with Crippen molar-refractivity contribution in [3.8, 4) is 0 Å². The first-order chi connectivity index (χ1) is 36.8. The zero-order valence-electron chi connectivity index (χ0n) is 46.5. The number of ether oxygens (including phenoxy) is 1. The Morgan fingerprint density at radius 3 is 1.13 bits per heavy atom. The van der Waals surface area contributed by atoms with E-state index in [1.54, 1.807) is 57.2 Å². The minimum atomic E-state index is -1.24. The van der Waals surface area contributed by atoms with Crippen LogP contribution in [0.5, 0.6) is 0 Å².